The molecule has 2 unspecified atom stereocenters. The van der Waals surface area contributed by atoms with Gasteiger partial charge in [0.2, 0.25) is 0 Å². The van der Waals surface area contributed by atoms with E-state index in [0.29, 0.717) is 5.33 Å². The zero-order valence-corrected chi connectivity index (χ0v) is 13.6. The van der Waals surface area contributed by atoms with Gasteiger partial charge in [-0.25, -0.2) is 0 Å². The van der Waals surface area contributed by atoms with Crippen molar-refractivity contribution >= 4 is 40.2 Å². The third-order valence-corrected chi connectivity index (χ3v) is 8.44. The van der Waals surface area contributed by atoms with Crippen LogP contribution in [0.1, 0.15) is 20.8 Å². The standard InChI is InChI=1S/C9H20Br2O2Si/c1-9(2,3)14(4,5)13-7(6-10)8(11)12/h7-8,12H,6H2,1-5H3. The van der Waals surface area contributed by atoms with Crippen LogP contribution in [0, 0.1) is 0 Å². The SMILES string of the molecule is CC(C)(C)[Si](C)(C)OC(CBr)C(O)Br. The number of hydrogen-bond donors (Lipinski definition) is 1. The lowest BCUT2D eigenvalue weighted by Crippen LogP contribution is -2.46. The quantitative estimate of drug-likeness (QED) is 0.623. The molecule has 0 aromatic rings. The minimum absolute atomic E-state index is 0.170. The summed E-state index contributed by atoms with van der Waals surface area (Å²) in [4.78, 5) is 0. The zero-order valence-electron chi connectivity index (χ0n) is 9.47. The lowest BCUT2D eigenvalue weighted by atomic mass is 10.2. The fourth-order valence-electron chi connectivity index (χ4n) is 0.716. The Morgan fingerprint density at radius 3 is 2.00 bits per heavy atom. The Morgan fingerprint density at radius 2 is 1.79 bits per heavy atom. The first kappa shape index (κ1) is 15.1. The molecule has 0 rings (SSSR count). The summed E-state index contributed by atoms with van der Waals surface area (Å²) in [5.41, 5.74) is 0. The molecule has 0 aliphatic heterocycles. The summed E-state index contributed by atoms with van der Waals surface area (Å²) in [6.07, 6.45) is -0.170. The highest BCUT2D eigenvalue weighted by atomic mass is 79.9. The van der Waals surface area contributed by atoms with Gasteiger partial charge in [0, 0.05) is 5.33 Å². The van der Waals surface area contributed by atoms with Gasteiger partial charge in [-0.2, -0.15) is 0 Å². The molecule has 0 saturated carbocycles. The Morgan fingerprint density at radius 1 is 1.36 bits per heavy atom. The number of alkyl halides is 2. The Balaban J connectivity index is 4.48. The fourth-order valence-corrected chi connectivity index (χ4v) is 3.76. The van der Waals surface area contributed by atoms with Crippen molar-refractivity contribution in [3.63, 3.8) is 0 Å². The molecule has 0 aromatic carbocycles. The van der Waals surface area contributed by atoms with E-state index in [1.165, 1.54) is 0 Å². The molecule has 0 bridgehead atoms. The first-order chi connectivity index (χ1) is 6.12. The summed E-state index contributed by atoms with van der Waals surface area (Å²) in [5, 5.41) is 9.64. The maximum Gasteiger partial charge on any atom is 0.192 e. The molecule has 86 valence electrons. The van der Waals surface area contributed by atoms with Crippen LogP contribution < -0.4 is 0 Å². The van der Waals surface area contributed by atoms with Crippen molar-refractivity contribution in [1.82, 2.24) is 0 Å². The Hall–Kier alpha value is 1.10. The predicted molar refractivity (Wildman–Crippen MR) is 70.8 cm³/mol. The van der Waals surface area contributed by atoms with E-state index in [4.69, 9.17) is 4.43 Å². The highest BCUT2D eigenvalue weighted by Gasteiger charge is 2.39. The van der Waals surface area contributed by atoms with Crippen molar-refractivity contribution in [3.8, 4) is 0 Å². The van der Waals surface area contributed by atoms with Crippen LogP contribution >= 0.6 is 31.9 Å². The van der Waals surface area contributed by atoms with Crippen LogP contribution in [-0.2, 0) is 4.43 Å². The molecule has 0 amide bonds. The van der Waals surface area contributed by atoms with Gasteiger partial charge in [0.1, 0.15) is 5.01 Å². The second kappa shape index (κ2) is 5.43. The van der Waals surface area contributed by atoms with Crippen LogP contribution in [0.25, 0.3) is 0 Å². The summed E-state index contributed by atoms with van der Waals surface area (Å²) < 4.78 is 6.01. The second-order valence-corrected chi connectivity index (χ2v) is 11.3. The molecule has 0 aromatic heterocycles. The largest absolute Gasteiger partial charge is 0.410 e. The highest BCUT2D eigenvalue weighted by Crippen LogP contribution is 2.38. The van der Waals surface area contributed by atoms with E-state index in [2.05, 4.69) is 65.7 Å². The molecular formula is C9H20Br2O2Si. The van der Waals surface area contributed by atoms with Gasteiger partial charge in [-0.05, 0) is 18.1 Å². The number of aliphatic hydroxyl groups is 1. The number of rotatable bonds is 4. The molecule has 0 spiro atoms. The average Bonchev–Trinajstić information content (AvgIpc) is 1.97. The van der Waals surface area contributed by atoms with E-state index in [1.807, 2.05) is 0 Å². The first-order valence-electron chi connectivity index (χ1n) is 4.68. The van der Waals surface area contributed by atoms with Crippen LogP contribution in [0.4, 0.5) is 0 Å². The van der Waals surface area contributed by atoms with E-state index in [-0.39, 0.29) is 11.1 Å². The van der Waals surface area contributed by atoms with Gasteiger partial charge < -0.3 is 9.53 Å². The van der Waals surface area contributed by atoms with Crippen LogP contribution in [0.15, 0.2) is 0 Å². The molecule has 0 heterocycles. The molecule has 0 fully saturated rings. The maximum absolute atomic E-state index is 9.43. The summed E-state index contributed by atoms with van der Waals surface area (Å²) in [6.45, 7) is 10.9. The molecule has 1 N–H and O–H groups in total. The minimum Gasteiger partial charge on any atom is -0.410 e. The smallest absolute Gasteiger partial charge is 0.192 e. The lowest BCUT2D eigenvalue weighted by molar-refractivity contribution is 0.103. The Bertz CT molecular complexity index is 178. The topological polar surface area (TPSA) is 29.5 Å². The second-order valence-electron chi connectivity index (χ2n) is 4.94. The van der Waals surface area contributed by atoms with E-state index >= 15 is 0 Å². The molecule has 0 aliphatic rings. The highest BCUT2D eigenvalue weighted by molar-refractivity contribution is 9.10. The third kappa shape index (κ3) is 4.31. The van der Waals surface area contributed by atoms with Gasteiger partial charge in [0.25, 0.3) is 0 Å². The van der Waals surface area contributed by atoms with Gasteiger partial charge in [-0.3, -0.25) is 0 Å². The molecule has 14 heavy (non-hydrogen) atoms. The van der Waals surface area contributed by atoms with Crippen LogP contribution in [0.3, 0.4) is 0 Å². The van der Waals surface area contributed by atoms with E-state index in [9.17, 15) is 5.11 Å². The van der Waals surface area contributed by atoms with Gasteiger partial charge in [0.15, 0.2) is 8.32 Å². The van der Waals surface area contributed by atoms with Crippen molar-refractivity contribution in [2.45, 2.75) is 50.0 Å². The van der Waals surface area contributed by atoms with Crippen molar-refractivity contribution in [2.24, 2.45) is 0 Å². The Kier molecular flexibility index (Phi) is 5.86. The number of hydrogen-bond acceptors (Lipinski definition) is 2. The van der Waals surface area contributed by atoms with Crippen molar-refractivity contribution in [1.29, 1.82) is 0 Å². The van der Waals surface area contributed by atoms with E-state index in [0.717, 1.165) is 0 Å². The lowest BCUT2D eigenvalue weighted by Gasteiger charge is -2.39. The van der Waals surface area contributed by atoms with Gasteiger partial charge in [-0.1, -0.05) is 52.6 Å². The first-order valence-corrected chi connectivity index (χ1v) is 9.62. The van der Waals surface area contributed by atoms with Gasteiger partial charge >= 0.3 is 0 Å². The van der Waals surface area contributed by atoms with E-state index < -0.39 is 13.3 Å². The van der Waals surface area contributed by atoms with Gasteiger partial charge in [0.05, 0.1) is 6.10 Å². The normalized spacial score (nSPS) is 18.0. The molecule has 2 nitrogen and oxygen atoms in total. The van der Waals surface area contributed by atoms with Crippen molar-refractivity contribution in [2.75, 3.05) is 5.33 Å². The van der Waals surface area contributed by atoms with Crippen molar-refractivity contribution < 1.29 is 9.53 Å². The number of aliphatic hydroxyl groups excluding tert-OH is 1. The van der Waals surface area contributed by atoms with Crippen LogP contribution in [-0.4, -0.2) is 29.9 Å². The molecule has 2 atom stereocenters. The van der Waals surface area contributed by atoms with Gasteiger partial charge in [-0.15, -0.1) is 0 Å². The summed E-state index contributed by atoms with van der Waals surface area (Å²) >= 11 is 6.49. The summed E-state index contributed by atoms with van der Waals surface area (Å²) in [7, 11) is -1.77. The Labute approximate surface area is 105 Å². The molecule has 0 saturated heterocycles. The maximum atomic E-state index is 9.43. The van der Waals surface area contributed by atoms with Crippen LogP contribution in [0.2, 0.25) is 18.1 Å². The summed E-state index contributed by atoms with van der Waals surface area (Å²) in [6, 6.07) is 0. The predicted octanol–water partition coefficient (Wildman–Crippen LogP) is 3.49. The monoisotopic (exact) mass is 346 g/mol. The molecule has 0 radical (unpaired) electrons. The number of halogens is 2. The fraction of sp³-hybridized carbons (Fsp3) is 1.00. The average molecular weight is 348 g/mol. The zero-order chi connectivity index (χ0) is 11.6. The molecule has 5 heteroatoms. The third-order valence-electron chi connectivity index (χ3n) is 2.71. The van der Waals surface area contributed by atoms with Crippen LogP contribution in [0.5, 0.6) is 0 Å². The molecular weight excluding hydrogens is 328 g/mol. The minimum atomic E-state index is -1.77. The van der Waals surface area contributed by atoms with Crippen molar-refractivity contribution in [3.05, 3.63) is 0 Å². The summed E-state index contributed by atoms with van der Waals surface area (Å²) in [5.74, 6) is 0. The molecule has 0 aliphatic carbocycles. The van der Waals surface area contributed by atoms with E-state index in [1.54, 1.807) is 0 Å².